The van der Waals surface area contributed by atoms with Crippen LogP contribution in [0.15, 0.2) is 6.07 Å². The SMILES string of the molecule is CCCC(C)N(C)c1cc(N)nc(C(C)(C)C)n1. The summed E-state index contributed by atoms with van der Waals surface area (Å²) in [5, 5.41) is 0. The molecule has 0 radical (unpaired) electrons. The van der Waals surface area contributed by atoms with Crippen LogP contribution in [-0.4, -0.2) is 23.1 Å². The Morgan fingerprint density at radius 2 is 1.94 bits per heavy atom. The first-order valence-corrected chi connectivity index (χ1v) is 6.63. The van der Waals surface area contributed by atoms with Gasteiger partial charge in [0.15, 0.2) is 0 Å². The zero-order valence-electron chi connectivity index (χ0n) is 12.5. The van der Waals surface area contributed by atoms with Gasteiger partial charge in [0.05, 0.1) is 0 Å². The summed E-state index contributed by atoms with van der Waals surface area (Å²) in [5.41, 5.74) is 5.81. The summed E-state index contributed by atoms with van der Waals surface area (Å²) in [6, 6.07) is 2.30. The zero-order valence-corrected chi connectivity index (χ0v) is 12.5. The summed E-state index contributed by atoms with van der Waals surface area (Å²) >= 11 is 0. The smallest absolute Gasteiger partial charge is 0.138 e. The molecule has 0 aromatic carbocycles. The maximum Gasteiger partial charge on any atom is 0.138 e. The van der Waals surface area contributed by atoms with Gasteiger partial charge in [-0.05, 0) is 13.3 Å². The molecule has 0 saturated carbocycles. The fourth-order valence-corrected chi connectivity index (χ4v) is 1.81. The molecule has 1 atom stereocenters. The molecule has 18 heavy (non-hydrogen) atoms. The first-order valence-electron chi connectivity index (χ1n) is 6.63. The Labute approximate surface area is 111 Å². The second kappa shape index (κ2) is 5.55. The van der Waals surface area contributed by atoms with Gasteiger partial charge in [-0.15, -0.1) is 0 Å². The monoisotopic (exact) mass is 250 g/mol. The largest absolute Gasteiger partial charge is 0.384 e. The van der Waals surface area contributed by atoms with Crippen LogP contribution in [0.25, 0.3) is 0 Å². The van der Waals surface area contributed by atoms with Gasteiger partial charge in [-0.3, -0.25) is 0 Å². The first kappa shape index (κ1) is 14.7. The van der Waals surface area contributed by atoms with Crippen molar-refractivity contribution in [2.24, 2.45) is 0 Å². The van der Waals surface area contributed by atoms with E-state index in [9.17, 15) is 0 Å². The van der Waals surface area contributed by atoms with E-state index in [1.165, 1.54) is 0 Å². The molecule has 0 amide bonds. The van der Waals surface area contributed by atoms with Crippen molar-refractivity contribution in [3.63, 3.8) is 0 Å². The van der Waals surface area contributed by atoms with Crippen molar-refractivity contribution in [3.05, 3.63) is 11.9 Å². The molecule has 0 spiro atoms. The molecular formula is C14H26N4. The van der Waals surface area contributed by atoms with Gasteiger partial charge in [-0.2, -0.15) is 0 Å². The molecule has 0 aliphatic heterocycles. The fraction of sp³-hybridized carbons (Fsp3) is 0.714. The lowest BCUT2D eigenvalue weighted by molar-refractivity contribution is 0.541. The third-order valence-corrected chi connectivity index (χ3v) is 3.13. The summed E-state index contributed by atoms with van der Waals surface area (Å²) in [6.07, 6.45) is 2.31. The van der Waals surface area contributed by atoms with Crippen molar-refractivity contribution in [3.8, 4) is 0 Å². The van der Waals surface area contributed by atoms with Gasteiger partial charge in [0, 0.05) is 24.6 Å². The molecule has 0 aliphatic rings. The molecule has 102 valence electrons. The van der Waals surface area contributed by atoms with Gasteiger partial charge in [0.25, 0.3) is 0 Å². The van der Waals surface area contributed by atoms with Crippen LogP contribution in [0.4, 0.5) is 11.6 Å². The van der Waals surface area contributed by atoms with Crippen LogP contribution in [-0.2, 0) is 5.41 Å². The van der Waals surface area contributed by atoms with E-state index < -0.39 is 0 Å². The van der Waals surface area contributed by atoms with E-state index in [0.717, 1.165) is 24.5 Å². The topological polar surface area (TPSA) is 55.0 Å². The maximum absolute atomic E-state index is 5.89. The molecule has 1 unspecified atom stereocenters. The molecule has 0 fully saturated rings. The van der Waals surface area contributed by atoms with Gasteiger partial charge < -0.3 is 10.6 Å². The van der Waals surface area contributed by atoms with Gasteiger partial charge in [0.1, 0.15) is 17.5 Å². The maximum atomic E-state index is 5.89. The van der Waals surface area contributed by atoms with Gasteiger partial charge in [0.2, 0.25) is 0 Å². The average molecular weight is 250 g/mol. The minimum Gasteiger partial charge on any atom is -0.384 e. The minimum absolute atomic E-state index is 0.0844. The Balaban J connectivity index is 3.06. The van der Waals surface area contributed by atoms with Crippen molar-refractivity contribution in [2.75, 3.05) is 17.7 Å². The molecular weight excluding hydrogens is 224 g/mol. The van der Waals surface area contributed by atoms with Gasteiger partial charge in [-0.1, -0.05) is 34.1 Å². The lowest BCUT2D eigenvalue weighted by atomic mass is 9.96. The molecule has 1 rings (SSSR count). The molecule has 1 aromatic rings. The van der Waals surface area contributed by atoms with Crippen LogP contribution in [0, 0.1) is 0 Å². The lowest BCUT2D eigenvalue weighted by Crippen LogP contribution is -2.30. The third-order valence-electron chi connectivity index (χ3n) is 3.13. The Bertz CT molecular complexity index is 395. The fourth-order valence-electron chi connectivity index (χ4n) is 1.81. The summed E-state index contributed by atoms with van der Waals surface area (Å²) < 4.78 is 0. The van der Waals surface area contributed by atoms with Crippen LogP contribution in [0.3, 0.4) is 0 Å². The molecule has 4 nitrogen and oxygen atoms in total. The van der Waals surface area contributed by atoms with E-state index in [4.69, 9.17) is 5.73 Å². The molecule has 1 heterocycles. The number of hydrogen-bond donors (Lipinski definition) is 1. The highest BCUT2D eigenvalue weighted by Crippen LogP contribution is 2.23. The summed E-state index contributed by atoms with van der Waals surface area (Å²) in [5.74, 6) is 2.25. The first-order chi connectivity index (χ1) is 8.25. The molecule has 4 heteroatoms. The highest BCUT2D eigenvalue weighted by atomic mass is 15.2. The Morgan fingerprint density at radius 3 is 2.44 bits per heavy atom. The third kappa shape index (κ3) is 3.59. The Hall–Kier alpha value is -1.32. The number of aromatic nitrogens is 2. The van der Waals surface area contributed by atoms with Crippen molar-refractivity contribution in [2.45, 2.75) is 58.9 Å². The standard InChI is InChI=1S/C14H26N4/c1-7-8-10(2)18(6)12-9-11(15)16-13(17-12)14(3,4)5/h9-10H,7-8H2,1-6H3,(H2,15,16,17). The number of nitrogens with two attached hydrogens (primary N) is 1. The van der Waals surface area contributed by atoms with Crippen molar-refractivity contribution >= 4 is 11.6 Å². The van der Waals surface area contributed by atoms with Crippen LogP contribution in [0.1, 0.15) is 53.3 Å². The molecule has 2 N–H and O–H groups in total. The lowest BCUT2D eigenvalue weighted by Gasteiger charge is -2.27. The number of nitrogen functional groups attached to an aromatic ring is 1. The average Bonchev–Trinajstić information content (AvgIpc) is 2.26. The quantitative estimate of drug-likeness (QED) is 0.892. The summed E-state index contributed by atoms with van der Waals surface area (Å²) in [4.78, 5) is 11.2. The highest BCUT2D eigenvalue weighted by Gasteiger charge is 2.20. The Morgan fingerprint density at radius 1 is 1.33 bits per heavy atom. The van der Waals surface area contributed by atoms with Crippen molar-refractivity contribution in [1.29, 1.82) is 0 Å². The molecule has 1 aromatic heterocycles. The van der Waals surface area contributed by atoms with E-state index in [1.54, 1.807) is 0 Å². The van der Waals surface area contributed by atoms with E-state index in [-0.39, 0.29) is 5.41 Å². The molecule has 0 saturated heterocycles. The van der Waals surface area contributed by atoms with Crippen molar-refractivity contribution in [1.82, 2.24) is 9.97 Å². The molecule has 0 aliphatic carbocycles. The van der Waals surface area contributed by atoms with Gasteiger partial charge >= 0.3 is 0 Å². The number of nitrogens with zero attached hydrogens (tertiary/aromatic N) is 3. The van der Waals surface area contributed by atoms with Crippen LogP contribution < -0.4 is 10.6 Å². The normalized spacial score (nSPS) is 13.4. The minimum atomic E-state index is -0.0844. The second-order valence-corrected chi connectivity index (χ2v) is 5.97. The molecule has 0 bridgehead atoms. The van der Waals surface area contributed by atoms with Crippen LogP contribution in [0.5, 0.6) is 0 Å². The Kier molecular flexibility index (Phi) is 4.54. The second-order valence-electron chi connectivity index (χ2n) is 5.97. The summed E-state index contributed by atoms with van der Waals surface area (Å²) in [6.45, 7) is 10.7. The van der Waals surface area contributed by atoms with Gasteiger partial charge in [-0.25, -0.2) is 9.97 Å². The van der Waals surface area contributed by atoms with Crippen molar-refractivity contribution < 1.29 is 0 Å². The predicted octanol–water partition coefficient (Wildman–Crippen LogP) is 2.98. The zero-order chi connectivity index (χ0) is 13.9. The van der Waals surface area contributed by atoms with E-state index in [2.05, 4.69) is 56.5 Å². The van der Waals surface area contributed by atoms with E-state index in [0.29, 0.717) is 11.9 Å². The highest BCUT2D eigenvalue weighted by molar-refractivity contribution is 5.47. The van der Waals surface area contributed by atoms with Crippen LogP contribution in [0.2, 0.25) is 0 Å². The van der Waals surface area contributed by atoms with Crippen LogP contribution >= 0.6 is 0 Å². The summed E-state index contributed by atoms with van der Waals surface area (Å²) in [7, 11) is 2.06. The number of hydrogen-bond acceptors (Lipinski definition) is 4. The van der Waals surface area contributed by atoms with E-state index in [1.807, 2.05) is 6.07 Å². The number of rotatable bonds is 4. The number of anilines is 2. The predicted molar refractivity (Wildman–Crippen MR) is 77.9 cm³/mol. The van der Waals surface area contributed by atoms with E-state index >= 15 is 0 Å².